The van der Waals surface area contributed by atoms with Crippen LogP contribution in [0.2, 0.25) is 0 Å². The fourth-order valence-electron chi connectivity index (χ4n) is 4.62. The quantitative estimate of drug-likeness (QED) is 0.247. The zero-order valence-electron chi connectivity index (χ0n) is 24.8. The van der Waals surface area contributed by atoms with Gasteiger partial charge in [0.2, 0.25) is 10.0 Å². The fourth-order valence-corrected chi connectivity index (χ4v) is 6.38. The number of hydrogen-bond acceptors (Lipinski definition) is 7. The lowest BCUT2D eigenvalue weighted by Gasteiger charge is -2.29. The molecule has 8 nitrogen and oxygen atoms in total. The van der Waals surface area contributed by atoms with Crippen LogP contribution in [0, 0.1) is 0 Å². The molecule has 1 atom stereocenters. The SMILES string of the molecule is C=C(C=C(C)c1ccc(S(=O)(=O)N(C)C2CCCCc3c(OCC(=O)COC(C)(C)C)cccc32)cc1)S(C)(=O)=O. The van der Waals surface area contributed by atoms with Gasteiger partial charge in [-0.05, 0) is 93.5 Å². The van der Waals surface area contributed by atoms with Gasteiger partial charge in [-0.15, -0.1) is 0 Å². The molecule has 0 N–H and O–H groups in total. The van der Waals surface area contributed by atoms with Gasteiger partial charge in [0.1, 0.15) is 19.0 Å². The lowest BCUT2D eigenvalue weighted by Crippen LogP contribution is -2.31. The number of allylic oxidation sites excluding steroid dienone is 2. The van der Waals surface area contributed by atoms with Crippen molar-refractivity contribution >= 4 is 31.2 Å². The summed E-state index contributed by atoms with van der Waals surface area (Å²) in [5.41, 5.74) is 2.72. The van der Waals surface area contributed by atoms with Gasteiger partial charge in [-0.25, -0.2) is 16.8 Å². The minimum absolute atomic E-state index is 0.00980. The Morgan fingerprint density at radius 1 is 1.05 bits per heavy atom. The molecule has 0 bridgehead atoms. The van der Waals surface area contributed by atoms with Crippen LogP contribution in [-0.4, -0.2) is 59.0 Å². The number of sulfonamides is 1. The molecular weight excluding hydrogens is 562 g/mol. The zero-order valence-corrected chi connectivity index (χ0v) is 26.4. The van der Waals surface area contributed by atoms with Gasteiger partial charge in [0.25, 0.3) is 0 Å². The summed E-state index contributed by atoms with van der Waals surface area (Å²) < 4.78 is 63.8. The van der Waals surface area contributed by atoms with Crippen LogP contribution in [0.4, 0.5) is 0 Å². The minimum atomic E-state index is -3.86. The standard InChI is InChI=1S/C31H41NO7S2/c1-22(19-23(2)40(7,34)35)24-15-17-26(18-16-24)41(36,37)32(6)29-13-9-8-11-28-27(29)12-10-14-30(28)38-20-25(33)21-39-31(3,4)5/h10,12,14-19,29H,2,8-9,11,13,20-21H2,1,3-7H3. The number of ether oxygens (including phenoxy) is 2. The summed E-state index contributed by atoms with van der Waals surface area (Å²) in [6, 6.07) is 11.6. The van der Waals surface area contributed by atoms with E-state index >= 15 is 0 Å². The molecule has 3 rings (SSSR count). The topological polar surface area (TPSA) is 107 Å². The highest BCUT2D eigenvalue weighted by Crippen LogP contribution is 2.39. The predicted octanol–water partition coefficient (Wildman–Crippen LogP) is 5.50. The van der Waals surface area contributed by atoms with E-state index in [0.29, 0.717) is 23.3 Å². The Kier molecular flexibility index (Phi) is 10.4. The maximum absolute atomic E-state index is 13.7. The third-order valence-electron chi connectivity index (χ3n) is 7.02. The van der Waals surface area contributed by atoms with Gasteiger partial charge in [-0.2, -0.15) is 4.31 Å². The molecule has 0 amide bonds. The number of ketones is 1. The van der Waals surface area contributed by atoms with Crippen LogP contribution < -0.4 is 4.74 Å². The van der Waals surface area contributed by atoms with E-state index in [1.807, 2.05) is 39.0 Å². The van der Waals surface area contributed by atoms with Crippen molar-refractivity contribution in [3.8, 4) is 5.75 Å². The fraction of sp³-hybridized carbons (Fsp3) is 0.452. The molecule has 1 aliphatic carbocycles. The summed E-state index contributed by atoms with van der Waals surface area (Å²) in [5.74, 6) is 0.420. The first kappa shape index (κ1) is 32.7. The second-order valence-corrected chi connectivity index (χ2v) is 15.5. The molecule has 10 heteroatoms. The van der Waals surface area contributed by atoms with Gasteiger partial charge in [-0.3, -0.25) is 4.79 Å². The van der Waals surface area contributed by atoms with Crippen molar-refractivity contribution in [1.82, 2.24) is 4.31 Å². The maximum atomic E-state index is 13.7. The van der Waals surface area contributed by atoms with Crippen LogP contribution in [0.25, 0.3) is 5.57 Å². The molecule has 41 heavy (non-hydrogen) atoms. The van der Waals surface area contributed by atoms with Gasteiger partial charge in [0.15, 0.2) is 15.6 Å². The van der Waals surface area contributed by atoms with Gasteiger partial charge >= 0.3 is 0 Å². The maximum Gasteiger partial charge on any atom is 0.243 e. The molecule has 0 aliphatic heterocycles. The van der Waals surface area contributed by atoms with Crippen LogP contribution in [0.15, 0.2) is 64.9 Å². The second kappa shape index (κ2) is 13.0. The Morgan fingerprint density at radius 3 is 2.32 bits per heavy atom. The number of Topliss-reactive ketones (excluding diaryl/α,β-unsaturated/α-hetero) is 1. The third-order valence-corrected chi connectivity index (χ3v) is 9.97. The highest BCUT2D eigenvalue weighted by molar-refractivity contribution is 7.94. The lowest BCUT2D eigenvalue weighted by molar-refractivity contribution is -0.130. The van der Waals surface area contributed by atoms with Gasteiger partial charge < -0.3 is 9.47 Å². The lowest BCUT2D eigenvalue weighted by atomic mass is 9.98. The van der Waals surface area contributed by atoms with Crippen molar-refractivity contribution in [2.24, 2.45) is 0 Å². The Hall–Kier alpha value is -2.79. The third kappa shape index (κ3) is 8.61. The van der Waals surface area contributed by atoms with E-state index in [4.69, 9.17) is 9.47 Å². The number of carbonyl (C=O) groups is 1. The molecule has 1 aliphatic rings. The van der Waals surface area contributed by atoms with Crippen molar-refractivity contribution in [1.29, 1.82) is 0 Å². The van der Waals surface area contributed by atoms with Crippen LogP contribution >= 0.6 is 0 Å². The predicted molar refractivity (Wildman–Crippen MR) is 162 cm³/mol. The largest absolute Gasteiger partial charge is 0.485 e. The van der Waals surface area contributed by atoms with Crippen LogP contribution in [0.1, 0.15) is 69.7 Å². The highest BCUT2D eigenvalue weighted by Gasteiger charge is 2.32. The Bertz CT molecular complexity index is 1520. The zero-order chi connectivity index (χ0) is 30.6. The molecule has 0 saturated heterocycles. The number of rotatable bonds is 11. The van der Waals surface area contributed by atoms with E-state index in [9.17, 15) is 21.6 Å². The summed E-state index contributed by atoms with van der Waals surface area (Å²) in [4.78, 5) is 12.5. The molecule has 1 unspecified atom stereocenters. The van der Waals surface area contributed by atoms with Gasteiger partial charge in [-0.1, -0.05) is 37.3 Å². The highest BCUT2D eigenvalue weighted by atomic mass is 32.2. The van der Waals surface area contributed by atoms with Crippen molar-refractivity contribution in [3.05, 3.63) is 76.7 Å². The molecule has 0 fully saturated rings. The monoisotopic (exact) mass is 603 g/mol. The molecule has 2 aromatic rings. The summed E-state index contributed by atoms with van der Waals surface area (Å²) in [6.45, 7) is 10.8. The first-order chi connectivity index (χ1) is 19.0. The number of sulfone groups is 1. The van der Waals surface area contributed by atoms with Gasteiger partial charge in [0, 0.05) is 13.3 Å². The number of benzene rings is 2. The van der Waals surface area contributed by atoms with E-state index < -0.39 is 31.5 Å². The Balaban J connectivity index is 1.83. The summed E-state index contributed by atoms with van der Waals surface area (Å²) >= 11 is 0. The van der Waals surface area contributed by atoms with E-state index in [1.165, 1.54) is 22.5 Å². The molecular formula is C31H41NO7S2. The molecule has 0 spiro atoms. The molecule has 2 aromatic carbocycles. The molecule has 0 heterocycles. The van der Waals surface area contributed by atoms with E-state index in [1.54, 1.807) is 26.1 Å². The first-order valence-electron chi connectivity index (χ1n) is 13.6. The molecule has 0 radical (unpaired) electrons. The normalized spacial score (nSPS) is 16.7. The second-order valence-electron chi connectivity index (χ2n) is 11.4. The number of carbonyl (C=O) groups excluding carboxylic acids is 1. The molecule has 0 aromatic heterocycles. The van der Waals surface area contributed by atoms with Crippen LogP contribution in [0.5, 0.6) is 5.75 Å². The number of nitrogens with zero attached hydrogens (tertiary/aromatic N) is 1. The number of fused-ring (bicyclic) bond motifs is 1. The van der Waals surface area contributed by atoms with Gasteiger partial charge in [0.05, 0.1) is 21.4 Å². The minimum Gasteiger partial charge on any atom is -0.485 e. The molecule has 224 valence electrons. The number of hydrogen-bond donors (Lipinski definition) is 0. The van der Waals surface area contributed by atoms with E-state index in [2.05, 4.69) is 6.58 Å². The average Bonchev–Trinajstić information content (AvgIpc) is 3.12. The smallest absolute Gasteiger partial charge is 0.243 e. The molecule has 0 saturated carbocycles. The summed E-state index contributed by atoms with van der Waals surface area (Å²) in [6.07, 6.45) is 5.65. The van der Waals surface area contributed by atoms with Crippen molar-refractivity contribution in [3.63, 3.8) is 0 Å². The summed E-state index contributed by atoms with van der Waals surface area (Å²) in [5, 5.41) is 0. The Labute approximate surface area is 245 Å². The van der Waals surface area contributed by atoms with Crippen LogP contribution in [0.3, 0.4) is 0 Å². The van der Waals surface area contributed by atoms with Crippen molar-refractivity contribution < 1.29 is 31.1 Å². The van der Waals surface area contributed by atoms with Crippen molar-refractivity contribution in [2.45, 2.75) is 69.9 Å². The van der Waals surface area contributed by atoms with E-state index in [-0.39, 0.29) is 28.8 Å². The Morgan fingerprint density at radius 2 is 1.71 bits per heavy atom. The van der Waals surface area contributed by atoms with E-state index in [0.717, 1.165) is 36.6 Å². The first-order valence-corrected chi connectivity index (χ1v) is 16.9. The summed E-state index contributed by atoms with van der Waals surface area (Å²) in [7, 11) is -5.68. The van der Waals surface area contributed by atoms with Crippen LogP contribution in [-0.2, 0) is 35.8 Å². The van der Waals surface area contributed by atoms with Crippen molar-refractivity contribution in [2.75, 3.05) is 26.5 Å². The average molecular weight is 604 g/mol.